The zero-order valence-electron chi connectivity index (χ0n) is 10.4. The third-order valence-electron chi connectivity index (χ3n) is 2.74. The molecule has 0 spiro atoms. The first kappa shape index (κ1) is 13.9. The molecule has 1 atom stereocenters. The highest BCUT2D eigenvalue weighted by Gasteiger charge is 2.27. The van der Waals surface area contributed by atoms with Crippen molar-refractivity contribution in [3.63, 3.8) is 0 Å². The second kappa shape index (κ2) is 6.11. The van der Waals surface area contributed by atoms with Crippen LogP contribution in [0.3, 0.4) is 0 Å². The molecule has 0 aromatic carbocycles. The van der Waals surface area contributed by atoms with Crippen LogP contribution in [0.1, 0.15) is 5.56 Å². The Hall–Kier alpha value is -1.48. The number of rotatable bonds is 4. The van der Waals surface area contributed by atoms with Gasteiger partial charge >= 0.3 is 0 Å². The Labute approximate surface area is 115 Å². The number of nitrogens with one attached hydrogen (secondary N) is 2. The van der Waals surface area contributed by atoms with Crippen LogP contribution < -0.4 is 10.7 Å². The van der Waals surface area contributed by atoms with E-state index >= 15 is 0 Å². The molecule has 2 heterocycles. The van der Waals surface area contributed by atoms with E-state index < -0.39 is 11.3 Å². The van der Waals surface area contributed by atoms with Crippen LogP contribution in [0.4, 0.5) is 0 Å². The Kier molecular flexibility index (Phi) is 4.48. The zero-order valence-corrected chi connectivity index (χ0v) is 11.2. The molecule has 1 fully saturated rings. The molecule has 1 aliphatic heterocycles. The van der Waals surface area contributed by atoms with Crippen molar-refractivity contribution in [2.24, 2.45) is 0 Å². The molecule has 1 unspecified atom stereocenters. The lowest BCUT2D eigenvalue weighted by atomic mass is 10.2. The van der Waals surface area contributed by atoms with Crippen LogP contribution in [0.2, 0.25) is 5.15 Å². The monoisotopic (exact) mass is 286 g/mol. The van der Waals surface area contributed by atoms with Gasteiger partial charge in [0.15, 0.2) is 11.3 Å². The Bertz CT molecular complexity index is 442. The second-order valence-electron chi connectivity index (χ2n) is 4.38. The summed E-state index contributed by atoms with van der Waals surface area (Å²) in [6.07, 6.45) is 1.15. The van der Waals surface area contributed by atoms with Gasteiger partial charge in [-0.1, -0.05) is 17.7 Å². The molecule has 0 aliphatic carbocycles. The van der Waals surface area contributed by atoms with Gasteiger partial charge in [0.2, 0.25) is 0 Å². The largest absolute Gasteiger partial charge is 0.281 e. The van der Waals surface area contributed by atoms with Gasteiger partial charge in [-0.05, 0) is 18.7 Å². The number of nitro groups is 1. The number of hydrazine groups is 1. The molecule has 8 nitrogen and oxygen atoms in total. The maximum Gasteiger partial charge on any atom is 0.194 e. The number of pyridine rings is 1. The zero-order chi connectivity index (χ0) is 13.8. The number of halogens is 1. The van der Waals surface area contributed by atoms with E-state index in [-0.39, 0.29) is 0 Å². The van der Waals surface area contributed by atoms with E-state index in [4.69, 9.17) is 11.6 Å². The fraction of sp³-hybridized carbons (Fsp3) is 0.500. The van der Waals surface area contributed by atoms with Gasteiger partial charge in [0.25, 0.3) is 0 Å². The molecule has 1 aliphatic rings. The second-order valence-corrected chi connectivity index (χ2v) is 4.77. The van der Waals surface area contributed by atoms with Crippen molar-refractivity contribution >= 4 is 11.6 Å². The highest BCUT2D eigenvalue weighted by atomic mass is 35.5. The van der Waals surface area contributed by atoms with Gasteiger partial charge in [0.05, 0.1) is 13.3 Å². The van der Waals surface area contributed by atoms with Gasteiger partial charge in [-0.2, -0.15) is 0 Å². The molecule has 1 aromatic rings. The number of hydrogen-bond acceptors (Lipinski definition) is 6. The van der Waals surface area contributed by atoms with Crippen LogP contribution in [0, 0.1) is 10.1 Å². The van der Waals surface area contributed by atoms with Crippen molar-refractivity contribution in [2.45, 2.75) is 12.8 Å². The van der Waals surface area contributed by atoms with Gasteiger partial charge in [0.1, 0.15) is 5.15 Å². The maximum absolute atomic E-state index is 10.6. The van der Waals surface area contributed by atoms with Crippen LogP contribution in [0.5, 0.6) is 0 Å². The summed E-state index contributed by atoms with van der Waals surface area (Å²) in [5.74, 6) is 0. The van der Waals surface area contributed by atoms with Crippen LogP contribution in [-0.2, 0) is 6.54 Å². The van der Waals surface area contributed by atoms with Crippen LogP contribution in [0.25, 0.3) is 0 Å². The number of hydrogen-bond donors (Lipinski definition) is 2. The lowest BCUT2D eigenvalue weighted by Gasteiger charge is -2.38. The minimum absolute atomic E-state index is 0.428. The lowest BCUT2D eigenvalue weighted by molar-refractivity contribution is -0.559. The van der Waals surface area contributed by atoms with Crippen molar-refractivity contribution in [2.75, 3.05) is 20.4 Å². The molecule has 19 heavy (non-hydrogen) atoms. The highest BCUT2D eigenvalue weighted by molar-refractivity contribution is 6.29. The molecule has 0 radical (unpaired) electrons. The summed E-state index contributed by atoms with van der Waals surface area (Å²) in [5, 5.41) is 13.5. The van der Waals surface area contributed by atoms with E-state index in [2.05, 4.69) is 15.7 Å². The van der Waals surface area contributed by atoms with Crippen molar-refractivity contribution in [3.05, 3.63) is 39.2 Å². The van der Waals surface area contributed by atoms with E-state index in [0.29, 0.717) is 25.0 Å². The molecule has 1 aromatic heterocycles. The fourth-order valence-corrected chi connectivity index (χ4v) is 2.03. The van der Waals surface area contributed by atoms with Crippen LogP contribution in [0.15, 0.2) is 18.3 Å². The van der Waals surface area contributed by atoms with Gasteiger partial charge in [-0.25, -0.2) is 20.0 Å². The van der Waals surface area contributed by atoms with E-state index in [0.717, 1.165) is 5.56 Å². The average Bonchev–Trinajstić information content (AvgIpc) is 2.35. The average molecular weight is 287 g/mol. The Morgan fingerprint density at radius 2 is 2.47 bits per heavy atom. The molecule has 104 valence electrons. The first-order valence-corrected chi connectivity index (χ1v) is 6.09. The van der Waals surface area contributed by atoms with Gasteiger partial charge < -0.3 is 0 Å². The molecule has 0 saturated carbocycles. The smallest absolute Gasteiger partial charge is 0.194 e. The van der Waals surface area contributed by atoms with Crippen LogP contribution in [-0.4, -0.2) is 46.5 Å². The van der Waals surface area contributed by atoms with Crippen LogP contribution >= 0.6 is 11.6 Å². The van der Waals surface area contributed by atoms with Crippen molar-refractivity contribution in [1.82, 2.24) is 25.5 Å². The Balaban J connectivity index is 2.04. The molecule has 1 saturated heterocycles. The van der Waals surface area contributed by atoms with Crippen molar-refractivity contribution in [1.29, 1.82) is 0 Å². The first-order valence-electron chi connectivity index (χ1n) is 5.71. The molecular formula is C10H15ClN6O2. The van der Waals surface area contributed by atoms with Gasteiger partial charge in [0, 0.05) is 12.7 Å². The lowest BCUT2D eigenvalue weighted by Crippen LogP contribution is -2.64. The Morgan fingerprint density at radius 1 is 1.68 bits per heavy atom. The van der Waals surface area contributed by atoms with Gasteiger partial charge in [-0.15, -0.1) is 5.43 Å². The summed E-state index contributed by atoms with van der Waals surface area (Å²) in [4.78, 5) is 18.5. The van der Waals surface area contributed by atoms with E-state index in [1.807, 2.05) is 22.9 Å². The molecule has 2 rings (SSSR count). The number of aromatic nitrogens is 1. The minimum Gasteiger partial charge on any atom is -0.281 e. The summed E-state index contributed by atoms with van der Waals surface area (Å²) in [6, 6.07) is 3.56. The predicted octanol–water partition coefficient (Wildman–Crippen LogP) is 0.0519. The highest BCUT2D eigenvalue weighted by Crippen LogP contribution is 2.11. The van der Waals surface area contributed by atoms with E-state index in [9.17, 15) is 10.1 Å². The number of nitrogens with zero attached hydrogens (tertiary/aromatic N) is 4. The minimum atomic E-state index is -0.546. The summed E-state index contributed by atoms with van der Waals surface area (Å²) in [5.41, 5.74) is 3.19. The molecule has 2 N–H and O–H groups in total. The standard InChI is InChI=1S/C10H15ClN6O2/c1-15-6-13-10(14-17(18)19)16(7-15)5-8-2-3-9(11)12-4-8/h2-4,10,13-14H,5-7H2,1H3. The summed E-state index contributed by atoms with van der Waals surface area (Å²) < 4.78 is 0. The Morgan fingerprint density at radius 3 is 3.11 bits per heavy atom. The third kappa shape index (κ3) is 4.00. The summed E-state index contributed by atoms with van der Waals surface area (Å²) in [7, 11) is 1.93. The molecule has 0 bridgehead atoms. The molecular weight excluding hydrogens is 272 g/mol. The quantitative estimate of drug-likeness (QED) is 0.459. The summed E-state index contributed by atoms with van der Waals surface area (Å²) in [6.45, 7) is 1.73. The van der Waals surface area contributed by atoms with E-state index in [1.165, 1.54) is 0 Å². The topological polar surface area (TPSA) is 86.6 Å². The first-order chi connectivity index (χ1) is 9.04. The fourth-order valence-electron chi connectivity index (χ4n) is 1.92. The van der Waals surface area contributed by atoms with Crippen molar-refractivity contribution < 1.29 is 5.03 Å². The van der Waals surface area contributed by atoms with Crippen molar-refractivity contribution in [3.8, 4) is 0 Å². The normalized spacial score (nSPS) is 21.3. The van der Waals surface area contributed by atoms with Gasteiger partial charge in [-0.3, -0.25) is 10.2 Å². The molecule has 9 heteroatoms. The summed E-state index contributed by atoms with van der Waals surface area (Å²) >= 11 is 5.73. The molecule has 0 amide bonds. The predicted molar refractivity (Wildman–Crippen MR) is 69.3 cm³/mol. The third-order valence-corrected chi connectivity index (χ3v) is 2.97. The van der Waals surface area contributed by atoms with E-state index in [1.54, 1.807) is 12.3 Å². The maximum atomic E-state index is 10.6. The SMILES string of the molecule is CN1CNC(N[N+](=O)[O-])N(Cc2ccc(Cl)nc2)C1.